The van der Waals surface area contributed by atoms with Crippen LogP contribution in [0.2, 0.25) is 0 Å². The highest BCUT2D eigenvalue weighted by Crippen LogP contribution is 2.30. The first kappa shape index (κ1) is 21.8. The van der Waals surface area contributed by atoms with Crippen molar-refractivity contribution < 1.29 is 14.4 Å². The van der Waals surface area contributed by atoms with Gasteiger partial charge in [-0.3, -0.25) is 19.4 Å². The number of urea groups is 1. The Bertz CT molecular complexity index is 834. The molecule has 7 nitrogen and oxygen atoms in total. The van der Waals surface area contributed by atoms with Gasteiger partial charge in [-0.25, -0.2) is 4.79 Å². The predicted molar refractivity (Wildman–Crippen MR) is 118 cm³/mol. The second-order valence-electron chi connectivity index (χ2n) is 9.44. The molecule has 0 bridgehead atoms. The fourth-order valence-electron chi connectivity index (χ4n) is 5.32. The summed E-state index contributed by atoms with van der Waals surface area (Å²) in [5, 5.41) is 5.75. The first-order chi connectivity index (χ1) is 14.9. The zero-order valence-corrected chi connectivity index (χ0v) is 18.7. The van der Waals surface area contributed by atoms with E-state index < -0.39 is 11.6 Å². The van der Waals surface area contributed by atoms with Crippen LogP contribution in [-0.4, -0.2) is 59.4 Å². The normalized spacial score (nSPS) is 27.5. The minimum absolute atomic E-state index is 0.248. The van der Waals surface area contributed by atoms with E-state index in [0.717, 1.165) is 23.4 Å². The number of aryl methyl sites for hydroxylation is 1. The van der Waals surface area contributed by atoms with Crippen LogP contribution >= 0.6 is 0 Å². The maximum atomic E-state index is 13.0. The zero-order valence-electron chi connectivity index (χ0n) is 18.7. The van der Waals surface area contributed by atoms with Gasteiger partial charge >= 0.3 is 6.03 Å². The number of carbonyl (C=O) groups excluding carboxylic acids is 3. The molecule has 0 unspecified atom stereocenters. The van der Waals surface area contributed by atoms with Gasteiger partial charge in [0.25, 0.3) is 5.91 Å². The Morgan fingerprint density at radius 1 is 1.10 bits per heavy atom. The van der Waals surface area contributed by atoms with Gasteiger partial charge in [-0.05, 0) is 51.6 Å². The molecule has 3 aliphatic rings. The summed E-state index contributed by atoms with van der Waals surface area (Å²) in [5.41, 5.74) is 0.650. The highest BCUT2D eigenvalue weighted by atomic mass is 16.2. The Kier molecular flexibility index (Phi) is 6.32. The molecule has 2 N–H and O–H groups in total. The molecular weight excluding hydrogens is 392 g/mol. The van der Waals surface area contributed by atoms with Gasteiger partial charge in [-0.1, -0.05) is 49.1 Å². The van der Waals surface area contributed by atoms with Gasteiger partial charge in [0, 0.05) is 18.6 Å². The summed E-state index contributed by atoms with van der Waals surface area (Å²) in [6.45, 7) is 5.09. The monoisotopic (exact) mass is 426 g/mol. The lowest BCUT2D eigenvalue weighted by atomic mass is 9.91. The Balaban J connectivity index is 1.33. The minimum atomic E-state index is -1.14. The molecule has 2 atom stereocenters. The third-order valence-corrected chi connectivity index (χ3v) is 7.21. The van der Waals surface area contributed by atoms with Crippen molar-refractivity contribution in [2.75, 3.05) is 19.6 Å². The lowest BCUT2D eigenvalue weighted by molar-refractivity contribution is -0.134. The van der Waals surface area contributed by atoms with Crippen LogP contribution in [0.3, 0.4) is 0 Å². The van der Waals surface area contributed by atoms with Gasteiger partial charge in [0.15, 0.2) is 0 Å². The van der Waals surface area contributed by atoms with Crippen LogP contribution in [0.4, 0.5) is 4.79 Å². The number of hydrogen-bond donors (Lipinski definition) is 2. The maximum absolute atomic E-state index is 13.0. The van der Waals surface area contributed by atoms with Crippen LogP contribution in [0.1, 0.15) is 63.0 Å². The quantitative estimate of drug-likeness (QED) is 0.686. The lowest BCUT2D eigenvalue weighted by Gasteiger charge is -2.35. The Hall–Kier alpha value is -2.41. The van der Waals surface area contributed by atoms with Crippen molar-refractivity contribution in [1.29, 1.82) is 0 Å². The summed E-state index contributed by atoms with van der Waals surface area (Å²) >= 11 is 0. The lowest BCUT2D eigenvalue weighted by Crippen LogP contribution is -2.48. The van der Waals surface area contributed by atoms with Crippen molar-refractivity contribution in [2.24, 2.45) is 0 Å². The van der Waals surface area contributed by atoms with Crippen LogP contribution in [0, 0.1) is 6.92 Å². The zero-order chi connectivity index (χ0) is 22.0. The molecule has 7 heteroatoms. The molecular formula is C24H34N4O3. The molecule has 168 valence electrons. The molecule has 1 aromatic carbocycles. The second-order valence-corrected chi connectivity index (χ2v) is 9.44. The Morgan fingerprint density at radius 2 is 1.81 bits per heavy atom. The van der Waals surface area contributed by atoms with Crippen LogP contribution in [0.15, 0.2) is 24.3 Å². The minimum Gasteiger partial charge on any atom is -0.353 e. The van der Waals surface area contributed by atoms with Crippen molar-refractivity contribution in [2.45, 2.75) is 76.4 Å². The molecule has 0 aromatic heterocycles. The first-order valence-electron chi connectivity index (χ1n) is 11.6. The number of nitrogens with one attached hydrogen (secondary N) is 2. The van der Waals surface area contributed by atoms with E-state index in [2.05, 4.69) is 15.5 Å². The van der Waals surface area contributed by atoms with Gasteiger partial charge in [0.2, 0.25) is 5.91 Å². The molecule has 0 radical (unpaired) electrons. The Labute approximate surface area is 184 Å². The van der Waals surface area contributed by atoms with E-state index in [1.807, 2.05) is 31.2 Å². The van der Waals surface area contributed by atoms with E-state index in [9.17, 15) is 14.4 Å². The van der Waals surface area contributed by atoms with Crippen LogP contribution in [0.25, 0.3) is 0 Å². The third-order valence-electron chi connectivity index (χ3n) is 7.21. The van der Waals surface area contributed by atoms with E-state index in [0.29, 0.717) is 24.2 Å². The highest BCUT2D eigenvalue weighted by molar-refractivity contribution is 6.09. The average molecular weight is 427 g/mol. The summed E-state index contributed by atoms with van der Waals surface area (Å²) in [6.07, 6.45) is 8.69. The molecule has 2 heterocycles. The molecule has 2 saturated heterocycles. The summed E-state index contributed by atoms with van der Waals surface area (Å²) < 4.78 is 0. The smallest absolute Gasteiger partial charge is 0.325 e. The summed E-state index contributed by atoms with van der Waals surface area (Å²) in [7, 11) is 0. The SMILES string of the molecule is Cc1ccc([C@]2(C)NC(=O)N(CC(=O)NC[C@@H]3CCCN3C3CCCCC3)C2=O)cc1. The van der Waals surface area contributed by atoms with Gasteiger partial charge in [0.1, 0.15) is 12.1 Å². The highest BCUT2D eigenvalue weighted by Gasteiger charge is 2.49. The van der Waals surface area contributed by atoms with E-state index in [4.69, 9.17) is 0 Å². The number of nitrogens with zero attached hydrogens (tertiary/aromatic N) is 2. The van der Waals surface area contributed by atoms with Crippen molar-refractivity contribution in [3.8, 4) is 0 Å². The number of imide groups is 1. The van der Waals surface area contributed by atoms with Crippen molar-refractivity contribution in [1.82, 2.24) is 20.4 Å². The van der Waals surface area contributed by atoms with Gasteiger partial charge < -0.3 is 10.6 Å². The maximum Gasteiger partial charge on any atom is 0.325 e. The van der Waals surface area contributed by atoms with Crippen molar-refractivity contribution in [3.63, 3.8) is 0 Å². The average Bonchev–Trinajstić information content (AvgIpc) is 3.32. The molecule has 4 amide bonds. The van der Waals surface area contributed by atoms with E-state index in [-0.39, 0.29) is 18.4 Å². The summed E-state index contributed by atoms with van der Waals surface area (Å²) in [6, 6.07) is 7.98. The molecule has 1 saturated carbocycles. The molecule has 31 heavy (non-hydrogen) atoms. The van der Waals surface area contributed by atoms with Gasteiger partial charge in [-0.2, -0.15) is 0 Å². The summed E-state index contributed by atoms with van der Waals surface area (Å²) in [4.78, 5) is 41.8. The van der Waals surface area contributed by atoms with E-state index >= 15 is 0 Å². The van der Waals surface area contributed by atoms with Gasteiger partial charge in [-0.15, -0.1) is 0 Å². The molecule has 2 aliphatic heterocycles. The molecule has 1 aromatic rings. The topological polar surface area (TPSA) is 81.8 Å². The Morgan fingerprint density at radius 3 is 2.52 bits per heavy atom. The molecule has 3 fully saturated rings. The van der Waals surface area contributed by atoms with E-state index in [1.54, 1.807) is 6.92 Å². The standard InChI is InChI=1S/C24H34N4O3/c1-17-10-12-18(13-11-17)24(2)22(30)28(23(31)26-24)16-21(29)25-15-20-9-6-14-27(20)19-7-4-3-5-8-19/h10-13,19-20H,3-9,14-16H2,1-2H3,(H,25,29)(H,26,31)/t20-,24-/m0/s1. The third kappa shape index (κ3) is 4.47. The van der Waals surface area contributed by atoms with E-state index in [1.165, 1.54) is 38.5 Å². The number of hydrogen-bond acceptors (Lipinski definition) is 4. The van der Waals surface area contributed by atoms with Crippen molar-refractivity contribution >= 4 is 17.8 Å². The summed E-state index contributed by atoms with van der Waals surface area (Å²) in [5.74, 6) is -0.673. The van der Waals surface area contributed by atoms with Crippen LogP contribution in [0.5, 0.6) is 0 Å². The number of likely N-dealkylation sites (tertiary alicyclic amines) is 1. The molecule has 0 spiro atoms. The number of rotatable bonds is 6. The molecule has 1 aliphatic carbocycles. The first-order valence-corrected chi connectivity index (χ1v) is 11.6. The van der Waals surface area contributed by atoms with Gasteiger partial charge in [0.05, 0.1) is 0 Å². The largest absolute Gasteiger partial charge is 0.353 e. The molecule has 4 rings (SSSR count). The number of amides is 4. The van der Waals surface area contributed by atoms with Crippen LogP contribution in [-0.2, 0) is 15.1 Å². The second kappa shape index (κ2) is 8.99. The fraction of sp³-hybridized carbons (Fsp3) is 0.625. The van der Waals surface area contributed by atoms with Crippen molar-refractivity contribution in [3.05, 3.63) is 35.4 Å². The predicted octanol–water partition coefficient (Wildman–Crippen LogP) is 2.68. The van der Waals surface area contributed by atoms with Crippen LogP contribution < -0.4 is 10.6 Å². The fourth-order valence-corrected chi connectivity index (χ4v) is 5.32. The number of benzene rings is 1. The number of carbonyl (C=O) groups is 3.